The summed E-state index contributed by atoms with van der Waals surface area (Å²) < 4.78 is 0. The van der Waals surface area contributed by atoms with Crippen molar-refractivity contribution in [3.63, 3.8) is 0 Å². The fourth-order valence-electron chi connectivity index (χ4n) is 6.42. The highest BCUT2D eigenvalue weighted by Crippen LogP contribution is 2.53. The summed E-state index contributed by atoms with van der Waals surface area (Å²) in [6, 6.07) is 0.864. The van der Waals surface area contributed by atoms with Crippen LogP contribution in [-0.4, -0.2) is 68.5 Å². The van der Waals surface area contributed by atoms with Gasteiger partial charge in [0.15, 0.2) is 11.4 Å². The first-order valence-corrected chi connectivity index (χ1v) is 13.0. The van der Waals surface area contributed by atoms with E-state index in [1.165, 1.54) is 4.90 Å². The first-order chi connectivity index (χ1) is 18.1. The van der Waals surface area contributed by atoms with Gasteiger partial charge in [0.25, 0.3) is 5.91 Å². The third kappa shape index (κ3) is 4.22. The van der Waals surface area contributed by atoms with Gasteiger partial charge in [0.05, 0.1) is 11.6 Å². The molecule has 0 radical (unpaired) electrons. The molecule has 1 aromatic carbocycles. The van der Waals surface area contributed by atoms with Gasteiger partial charge in [0.2, 0.25) is 5.78 Å². The maximum atomic E-state index is 14.0. The number of nitrogens with one attached hydrogen (secondary N) is 1. The Hall–Kier alpha value is -3.63. The fraction of sp³-hybridized carbons (Fsp3) is 0.483. The van der Waals surface area contributed by atoms with E-state index < -0.39 is 58.0 Å². The maximum absolute atomic E-state index is 14.0. The first kappa shape index (κ1) is 28.4. The van der Waals surface area contributed by atoms with Crippen molar-refractivity contribution >= 4 is 17.5 Å². The molecule has 210 valence electrons. The number of rotatable bonds is 6. The van der Waals surface area contributed by atoms with Gasteiger partial charge in [0.1, 0.15) is 22.8 Å². The van der Waals surface area contributed by atoms with E-state index in [9.17, 15) is 34.8 Å². The number of carbonyl (C=O) groups is 3. The molecule has 0 fully saturated rings. The van der Waals surface area contributed by atoms with Gasteiger partial charge >= 0.3 is 0 Å². The SMILES string of the molecule is CC(C)=CNCc1cc(C(C)C)c2c(c1O)C(=O)C1=C(O)[C@]3(O)C(=O)C(C(N)=O)=C(O)[C@@H](N(C)C)[C@@H]3C[C@@H]1C2. The zero-order chi connectivity index (χ0) is 29.1. The van der Waals surface area contributed by atoms with E-state index >= 15 is 0 Å². The summed E-state index contributed by atoms with van der Waals surface area (Å²) in [5.41, 5.74) is 4.86. The van der Waals surface area contributed by atoms with Crippen LogP contribution in [0.25, 0.3) is 0 Å². The zero-order valence-electron chi connectivity index (χ0n) is 23.1. The lowest BCUT2D eigenvalue weighted by Crippen LogP contribution is -2.63. The Morgan fingerprint density at radius 2 is 1.87 bits per heavy atom. The number of aliphatic hydroxyl groups excluding tert-OH is 2. The number of aliphatic hydroxyl groups is 3. The smallest absolute Gasteiger partial charge is 0.255 e. The molecule has 1 amide bonds. The monoisotopic (exact) mass is 539 g/mol. The lowest BCUT2D eigenvalue weighted by molar-refractivity contribution is -0.148. The number of fused-ring (bicyclic) bond motifs is 3. The van der Waals surface area contributed by atoms with Crippen LogP contribution in [-0.2, 0) is 22.6 Å². The second-order valence-corrected chi connectivity index (χ2v) is 11.5. The normalized spacial score (nSPS) is 26.4. The van der Waals surface area contributed by atoms with Crippen molar-refractivity contribution in [3.8, 4) is 5.75 Å². The number of ketones is 2. The number of hydrogen-bond donors (Lipinski definition) is 6. The average molecular weight is 540 g/mol. The molecule has 1 aromatic rings. The number of nitrogens with two attached hydrogens (primary N) is 1. The number of primary amides is 1. The molecular formula is C29H37N3O7. The molecule has 39 heavy (non-hydrogen) atoms. The van der Waals surface area contributed by atoms with Crippen molar-refractivity contribution in [3.05, 3.63) is 62.8 Å². The van der Waals surface area contributed by atoms with Crippen molar-refractivity contribution in [2.75, 3.05) is 14.1 Å². The molecule has 10 heteroatoms. The Morgan fingerprint density at radius 3 is 2.41 bits per heavy atom. The topological polar surface area (TPSA) is 173 Å². The molecule has 0 saturated heterocycles. The largest absolute Gasteiger partial charge is 0.510 e. The van der Waals surface area contributed by atoms with Gasteiger partial charge in [-0.15, -0.1) is 0 Å². The van der Waals surface area contributed by atoms with Crippen LogP contribution in [0.15, 0.2) is 40.5 Å². The highest BCUT2D eigenvalue weighted by Gasteiger charge is 2.63. The van der Waals surface area contributed by atoms with Gasteiger partial charge in [-0.2, -0.15) is 0 Å². The van der Waals surface area contributed by atoms with Gasteiger partial charge < -0.3 is 31.5 Å². The second kappa shape index (κ2) is 9.84. The first-order valence-electron chi connectivity index (χ1n) is 13.0. The molecule has 0 saturated carbocycles. The van der Waals surface area contributed by atoms with Crippen LogP contribution in [0.3, 0.4) is 0 Å². The molecule has 0 bridgehead atoms. The zero-order valence-corrected chi connectivity index (χ0v) is 23.1. The van der Waals surface area contributed by atoms with Gasteiger partial charge in [-0.05, 0) is 76.0 Å². The Morgan fingerprint density at radius 1 is 1.23 bits per heavy atom. The maximum Gasteiger partial charge on any atom is 0.255 e. The number of amides is 1. The molecule has 0 heterocycles. The summed E-state index contributed by atoms with van der Waals surface area (Å²) in [7, 11) is 3.21. The number of benzene rings is 1. The van der Waals surface area contributed by atoms with Gasteiger partial charge in [-0.3, -0.25) is 19.3 Å². The number of aromatic hydroxyl groups is 1. The van der Waals surface area contributed by atoms with Crippen LogP contribution >= 0.6 is 0 Å². The van der Waals surface area contributed by atoms with Crippen molar-refractivity contribution < 1.29 is 34.8 Å². The van der Waals surface area contributed by atoms with Crippen LogP contribution in [0, 0.1) is 11.8 Å². The fourth-order valence-corrected chi connectivity index (χ4v) is 6.42. The van der Waals surface area contributed by atoms with Crippen LogP contribution in [0.4, 0.5) is 0 Å². The number of Topliss-reactive ketones (excluding diaryl/α,β-unsaturated/α-hetero) is 2. The molecular weight excluding hydrogens is 502 g/mol. The van der Waals surface area contributed by atoms with Gasteiger partial charge in [0, 0.05) is 23.6 Å². The summed E-state index contributed by atoms with van der Waals surface area (Å²) >= 11 is 0. The van der Waals surface area contributed by atoms with Crippen LogP contribution in [0.2, 0.25) is 0 Å². The number of phenolic OH excluding ortho intramolecular Hbond substituents is 1. The van der Waals surface area contributed by atoms with Crippen LogP contribution in [0.1, 0.15) is 67.1 Å². The summed E-state index contributed by atoms with van der Waals surface area (Å²) in [4.78, 5) is 41.1. The molecule has 3 aliphatic rings. The predicted octanol–water partition coefficient (Wildman–Crippen LogP) is 2.26. The number of hydrogen-bond acceptors (Lipinski definition) is 9. The number of allylic oxidation sites excluding steroid dienone is 2. The molecule has 0 unspecified atom stereocenters. The third-order valence-electron chi connectivity index (χ3n) is 8.14. The Labute approximate surface area is 227 Å². The van der Waals surface area contributed by atoms with E-state index in [1.807, 2.05) is 33.8 Å². The van der Waals surface area contributed by atoms with E-state index in [2.05, 4.69) is 5.32 Å². The number of nitrogens with zero attached hydrogens (tertiary/aromatic N) is 1. The summed E-state index contributed by atoms with van der Waals surface area (Å²) in [5, 5.41) is 48.5. The standard InChI is InChI=1S/C29H37N3O7/c1-12(2)10-31-11-15-8-16(13(3)4)17-7-14-9-18-22(32(5)6)25(35)21(28(30)38)27(37)29(18,39)26(36)19(14)24(34)20(17)23(15)33/h8,10,13-14,18,22,31,33,35-36,39H,7,9,11H2,1-6H3,(H2,30,38)/t14-,18-,22-,29-/m0/s1. The Kier molecular flexibility index (Phi) is 7.16. The summed E-state index contributed by atoms with van der Waals surface area (Å²) in [5.74, 6) is -6.46. The summed E-state index contributed by atoms with van der Waals surface area (Å²) in [6.07, 6.45) is 2.14. The van der Waals surface area contributed by atoms with E-state index in [-0.39, 0.29) is 42.2 Å². The second-order valence-electron chi connectivity index (χ2n) is 11.5. The number of phenols is 1. The number of carbonyl (C=O) groups excluding carboxylic acids is 3. The van der Waals surface area contributed by atoms with Crippen molar-refractivity contribution in [2.45, 2.75) is 64.6 Å². The minimum absolute atomic E-state index is 0.0184. The molecule has 0 aromatic heterocycles. The summed E-state index contributed by atoms with van der Waals surface area (Å²) in [6.45, 7) is 8.08. The average Bonchev–Trinajstić information content (AvgIpc) is 2.81. The molecule has 3 aliphatic carbocycles. The van der Waals surface area contributed by atoms with Crippen LogP contribution in [0.5, 0.6) is 5.75 Å². The molecule has 4 rings (SSSR count). The van der Waals surface area contributed by atoms with E-state index in [4.69, 9.17) is 5.73 Å². The van der Waals surface area contributed by atoms with Gasteiger partial charge in [-0.1, -0.05) is 19.4 Å². The number of likely N-dealkylation sites (N-methyl/N-ethyl adjacent to an activating group) is 1. The highest BCUT2D eigenvalue weighted by atomic mass is 16.3. The van der Waals surface area contributed by atoms with E-state index in [0.29, 0.717) is 11.1 Å². The van der Waals surface area contributed by atoms with Crippen LogP contribution < -0.4 is 11.1 Å². The molecule has 7 N–H and O–H groups in total. The molecule has 0 aliphatic heterocycles. The molecule has 10 nitrogen and oxygen atoms in total. The van der Waals surface area contributed by atoms with Crippen molar-refractivity contribution in [1.29, 1.82) is 0 Å². The molecule has 0 spiro atoms. The predicted molar refractivity (Wildman–Crippen MR) is 144 cm³/mol. The van der Waals surface area contributed by atoms with E-state index in [0.717, 1.165) is 11.1 Å². The quantitative estimate of drug-likeness (QED) is 0.296. The third-order valence-corrected chi connectivity index (χ3v) is 8.14. The lowest BCUT2D eigenvalue weighted by Gasteiger charge is -2.50. The lowest BCUT2D eigenvalue weighted by atomic mass is 9.58. The van der Waals surface area contributed by atoms with Crippen molar-refractivity contribution in [2.24, 2.45) is 17.6 Å². The van der Waals surface area contributed by atoms with E-state index in [1.54, 1.807) is 20.3 Å². The highest BCUT2D eigenvalue weighted by molar-refractivity contribution is 6.24. The van der Waals surface area contributed by atoms with Crippen molar-refractivity contribution in [1.82, 2.24) is 10.2 Å². The molecule has 4 atom stereocenters. The van der Waals surface area contributed by atoms with Gasteiger partial charge in [-0.25, -0.2) is 0 Å². The Bertz CT molecular complexity index is 1370. The minimum atomic E-state index is -2.65. The Balaban J connectivity index is 1.93. The minimum Gasteiger partial charge on any atom is -0.510 e.